The van der Waals surface area contributed by atoms with Gasteiger partial charge in [0.15, 0.2) is 0 Å². The van der Waals surface area contributed by atoms with Crippen LogP contribution in [0, 0.1) is 10.1 Å². The molecule has 0 radical (unpaired) electrons. The van der Waals surface area contributed by atoms with Crippen molar-refractivity contribution in [2.45, 2.75) is 12.8 Å². The van der Waals surface area contributed by atoms with Crippen LogP contribution in [0.3, 0.4) is 0 Å². The van der Waals surface area contributed by atoms with Crippen LogP contribution < -0.4 is 5.32 Å². The van der Waals surface area contributed by atoms with E-state index in [9.17, 15) is 10.1 Å². The molecule has 0 aliphatic heterocycles. The maximum atomic E-state index is 10.9. The van der Waals surface area contributed by atoms with Gasteiger partial charge in [0.25, 0.3) is 5.69 Å². The van der Waals surface area contributed by atoms with E-state index in [0.717, 1.165) is 0 Å². The average Bonchev–Trinajstić information content (AvgIpc) is 2.36. The van der Waals surface area contributed by atoms with Crippen molar-refractivity contribution in [2.75, 3.05) is 18.5 Å². The molecule has 8 nitrogen and oxygen atoms in total. The fourth-order valence-electron chi connectivity index (χ4n) is 1.39. The van der Waals surface area contributed by atoms with Gasteiger partial charge in [0.05, 0.1) is 4.92 Å². The third-order valence-electron chi connectivity index (χ3n) is 2.24. The van der Waals surface area contributed by atoms with E-state index in [1.807, 2.05) is 0 Å². The molecular weight excluding hydrogens is 238 g/mol. The van der Waals surface area contributed by atoms with Gasteiger partial charge >= 0.3 is 0 Å². The summed E-state index contributed by atoms with van der Waals surface area (Å²) in [6.45, 7) is 0.627. The molecule has 0 heterocycles. The summed E-state index contributed by atoms with van der Waals surface area (Å²) >= 11 is 0. The highest BCUT2D eigenvalue weighted by Crippen LogP contribution is 2.29. The summed E-state index contributed by atoms with van der Waals surface area (Å²) in [6, 6.07) is 4.22. The number of nitro benzene ring substituents is 1. The van der Waals surface area contributed by atoms with Crippen LogP contribution in [0.2, 0.25) is 0 Å². The van der Waals surface area contributed by atoms with E-state index in [1.165, 1.54) is 18.2 Å². The number of unbranched alkanes of at least 4 members (excludes halogenated alkanes) is 1. The van der Waals surface area contributed by atoms with Gasteiger partial charge in [-0.05, 0) is 24.4 Å². The minimum atomic E-state index is -0.537. The maximum absolute atomic E-state index is 10.9. The first kappa shape index (κ1) is 13.8. The van der Waals surface area contributed by atoms with E-state index in [0.29, 0.717) is 25.1 Å². The molecular formula is C10H13N5O3. The van der Waals surface area contributed by atoms with Crippen LogP contribution >= 0.6 is 0 Å². The predicted octanol–water partition coefficient (Wildman–Crippen LogP) is 2.72. The molecule has 0 unspecified atom stereocenters. The van der Waals surface area contributed by atoms with E-state index >= 15 is 0 Å². The second-order valence-electron chi connectivity index (χ2n) is 3.51. The summed E-state index contributed by atoms with van der Waals surface area (Å²) in [5.74, 6) is 0. The largest absolute Gasteiger partial charge is 0.396 e. The molecule has 1 rings (SSSR count). The number of nitrogens with zero attached hydrogens (tertiary/aromatic N) is 4. The van der Waals surface area contributed by atoms with Gasteiger partial charge in [-0.1, -0.05) is 11.2 Å². The lowest BCUT2D eigenvalue weighted by Gasteiger charge is -2.06. The molecule has 2 N–H and O–H groups in total. The highest BCUT2D eigenvalue weighted by Gasteiger charge is 2.13. The number of rotatable bonds is 7. The van der Waals surface area contributed by atoms with Crippen molar-refractivity contribution in [3.05, 3.63) is 38.8 Å². The zero-order valence-electron chi connectivity index (χ0n) is 9.61. The van der Waals surface area contributed by atoms with Gasteiger partial charge in [-0.3, -0.25) is 10.1 Å². The molecule has 0 aromatic heterocycles. The maximum Gasteiger partial charge on any atom is 0.292 e. The van der Waals surface area contributed by atoms with Crippen LogP contribution in [0.4, 0.5) is 17.1 Å². The first-order valence-corrected chi connectivity index (χ1v) is 5.37. The first-order chi connectivity index (χ1) is 8.69. The summed E-state index contributed by atoms with van der Waals surface area (Å²) in [7, 11) is 0. The minimum absolute atomic E-state index is 0.0968. The van der Waals surface area contributed by atoms with Crippen LogP contribution in [-0.4, -0.2) is 23.2 Å². The first-order valence-electron chi connectivity index (χ1n) is 5.37. The standard InChI is InChI=1S/C10H13N5O3/c11-14-13-8-3-4-9(10(7-8)15(17)18)12-5-1-2-6-16/h3-4,7,12,16H,1-2,5-6H2. The Morgan fingerprint density at radius 3 is 2.89 bits per heavy atom. The van der Waals surface area contributed by atoms with Crippen molar-refractivity contribution in [3.8, 4) is 0 Å². The van der Waals surface area contributed by atoms with Crippen molar-refractivity contribution in [2.24, 2.45) is 5.11 Å². The second-order valence-corrected chi connectivity index (χ2v) is 3.51. The second kappa shape index (κ2) is 7.10. The molecule has 0 spiro atoms. The van der Waals surface area contributed by atoms with Crippen LogP contribution in [0.1, 0.15) is 12.8 Å². The molecule has 8 heteroatoms. The quantitative estimate of drug-likeness (QED) is 0.193. The molecule has 0 saturated carbocycles. The molecule has 0 saturated heterocycles. The number of aliphatic hydroxyl groups is 1. The Bertz CT molecular complexity index is 471. The topological polar surface area (TPSA) is 124 Å². The van der Waals surface area contributed by atoms with Gasteiger partial charge in [0.1, 0.15) is 5.69 Å². The molecule has 96 valence electrons. The Morgan fingerprint density at radius 1 is 1.50 bits per heavy atom. The Labute approximate surface area is 103 Å². The normalized spacial score (nSPS) is 9.61. The Morgan fingerprint density at radius 2 is 2.28 bits per heavy atom. The molecule has 0 atom stereocenters. The van der Waals surface area contributed by atoms with Crippen LogP contribution in [0.25, 0.3) is 10.4 Å². The predicted molar refractivity (Wildman–Crippen MR) is 66.7 cm³/mol. The van der Waals surface area contributed by atoms with Crippen LogP contribution in [-0.2, 0) is 0 Å². The number of nitro groups is 1. The van der Waals surface area contributed by atoms with Gasteiger partial charge < -0.3 is 10.4 Å². The van der Waals surface area contributed by atoms with Crippen molar-refractivity contribution < 1.29 is 10.0 Å². The van der Waals surface area contributed by atoms with Gasteiger partial charge in [0, 0.05) is 29.8 Å². The Hall–Kier alpha value is -2.31. The zero-order chi connectivity index (χ0) is 13.4. The molecule has 0 bridgehead atoms. The molecule has 0 aliphatic rings. The summed E-state index contributed by atoms with van der Waals surface area (Å²) < 4.78 is 0. The number of aliphatic hydroxyl groups excluding tert-OH is 1. The molecule has 18 heavy (non-hydrogen) atoms. The van der Waals surface area contributed by atoms with Crippen molar-refractivity contribution in [3.63, 3.8) is 0 Å². The Balaban J connectivity index is 2.83. The SMILES string of the molecule is [N-]=[N+]=Nc1ccc(NCCCCO)c([N+](=O)[O-])c1. The molecule has 0 amide bonds. The number of hydrogen-bond donors (Lipinski definition) is 2. The van der Waals surface area contributed by atoms with Crippen molar-refractivity contribution in [1.29, 1.82) is 0 Å². The lowest BCUT2D eigenvalue weighted by atomic mass is 10.2. The highest BCUT2D eigenvalue weighted by atomic mass is 16.6. The number of hydrogen-bond acceptors (Lipinski definition) is 5. The van der Waals surface area contributed by atoms with Crippen LogP contribution in [0.15, 0.2) is 23.3 Å². The number of azide groups is 1. The van der Waals surface area contributed by atoms with Gasteiger partial charge in [0.2, 0.25) is 0 Å². The average molecular weight is 251 g/mol. The summed E-state index contributed by atoms with van der Waals surface area (Å²) in [5, 5.41) is 25.7. The zero-order valence-corrected chi connectivity index (χ0v) is 9.61. The highest BCUT2D eigenvalue weighted by molar-refractivity contribution is 5.66. The van der Waals surface area contributed by atoms with Gasteiger partial charge in [-0.2, -0.15) is 0 Å². The third kappa shape index (κ3) is 3.93. The molecule has 0 fully saturated rings. The Kier molecular flexibility index (Phi) is 5.43. The van der Waals surface area contributed by atoms with E-state index in [1.54, 1.807) is 0 Å². The number of anilines is 1. The summed E-state index contributed by atoms with van der Waals surface area (Å²) in [5.41, 5.74) is 8.70. The van der Waals surface area contributed by atoms with Gasteiger partial charge in [-0.25, -0.2) is 0 Å². The molecule has 1 aromatic rings. The fraction of sp³-hybridized carbons (Fsp3) is 0.400. The number of benzene rings is 1. The molecule has 1 aromatic carbocycles. The lowest BCUT2D eigenvalue weighted by molar-refractivity contribution is -0.383. The van der Waals surface area contributed by atoms with Crippen molar-refractivity contribution >= 4 is 17.1 Å². The van der Waals surface area contributed by atoms with Gasteiger partial charge in [-0.15, -0.1) is 0 Å². The lowest BCUT2D eigenvalue weighted by Crippen LogP contribution is -2.04. The minimum Gasteiger partial charge on any atom is -0.396 e. The summed E-state index contributed by atoms with van der Waals surface area (Å²) in [4.78, 5) is 12.9. The van der Waals surface area contributed by atoms with E-state index in [-0.39, 0.29) is 18.0 Å². The van der Waals surface area contributed by atoms with Crippen LogP contribution in [0.5, 0.6) is 0 Å². The molecule has 0 aliphatic carbocycles. The smallest absolute Gasteiger partial charge is 0.292 e. The summed E-state index contributed by atoms with van der Waals surface area (Å²) in [6.07, 6.45) is 1.35. The van der Waals surface area contributed by atoms with Crippen molar-refractivity contribution in [1.82, 2.24) is 0 Å². The number of nitrogens with one attached hydrogen (secondary N) is 1. The fourth-order valence-corrected chi connectivity index (χ4v) is 1.39. The van der Waals surface area contributed by atoms with E-state index < -0.39 is 4.92 Å². The monoisotopic (exact) mass is 251 g/mol. The third-order valence-corrected chi connectivity index (χ3v) is 2.24. The van der Waals surface area contributed by atoms with E-state index in [2.05, 4.69) is 15.3 Å². The van der Waals surface area contributed by atoms with E-state index in [4.69, 9.17) is 10.6 Å².